The summed E-state index contributed by atoms with van der Waals surface area (Å²) < 4.78 is 50.6. The molecule has 0 aliphatic heterocycles. The van der Waals surface area contributed by atoms with Crippen LogP contribution in [0.2, 0.25) is 0 Å². The van der Waals surface area contributed by atoms with Gasteiger partial charge in [-0.05, 0) is 44.9 Å². The molecule has 0 radical (unpaired) electrons. The molecule has 0 unspecified atom stereocenters. The average molecular weight is 448 g/mol. The number of anilines is 1. The standard InChI is InChI=1S/C22H23F3N4O3/c1-12(15-5-4-6-19(29-15)22(23,24)25)26-20-14-9-18(32-21(11-30)7-8-21)17(31-3)10-16(14)27-13(2)28-20/h4-6,9-10,12,30H,7-8,11H2,1-3H3,(H,26,27,28)/t12-/m1/s1. The minimum absolute atomic E-state index is 0.109. The van der Waals surface area contributed by atoms with E-state index in [4.69, 9.17) is 9.47 Å². The molecule has 0 spiro atoms. The number of aromatic nitrogens is 3. The summed E-state index contributed by atoms with van der Waals surface area (Å²) in [5.41, 5.74) is -0.754. The van der Waals surface area contributed by atoms with E-state index in [0.717, 1.165) is 18.9 Å². The van der Waals surface area contributed by atoms with E-state index < -0.39 is 23.5 Å². The number of hydrogen-bond donors (Lipinski definition) is 2. The molecule has 1 fully saturated rings. The third-order valence-corrected chi connectivity index (χ3v) is 5.37. The molecule has 1 atom stereocenters. The summed E-state index contributed by atoms with van der Waals surface area (Å²) in [5, 5.41) is 13.4. The first-order chi connectivity index (χ1) is 15.1. The monoisotopic (exact) mass is 448 g/mol. The third kappa shape index (κ3) is 4.40. The fraction of sp³-hybridized carbons (Fsp3) is 0.409. The molecule has 7 nitrogen and oxygen atoms in total. The molecule has 170 valence electrons. The van der Waals surface area contributed by atoms with Crippen molar-refractivity contribution in [2.24, 2.45) is 0 Å². The van der Waals surface area contributed by atoms with E-state index in [1.807, 2.05) is 0 Å². The Hall–Kier alpha value is -3.14. The van der Waals surface area contributed by atoms with Gasteiger partial charge in [0, 0.05) is 11.5 Å². The van der Waals surface area contributed by atoms with Crippen LogP contribution in [0, 0.1) is 6.92 Å². The molecule has 1 saturated carbocycles. The summed E-state index contributed by atoms with van der Waals surface area (Å²) in [5.74, 6) is 1.82. The summed E-state index contributed by atoms with van der Waals surface area (Å²) in [6.07, 6.45) is -3.06. The number of halogens is 3. The third-order valence-electron chi connectivity index (χ3n) is 5.37. The van der Waals surface area contributed by atoms with Crippen molar-refractivity contribution in [2.75, 3.05) is 19.0 Å². The van der Waals surface area contributed by atoms with Gasteiger partial charge in [-0.2, -0.15) is 13.2 Å². The number of ether oxygens (including phenoxy) is 2. The van der Waals surface area contributed by atoms with Crippen LogP contribution in [0.1, 0.15) is 43.0 Å². The second-order valence-electron chi connectivity index (χ2n) is 7.89. The molecule has 0 amide bonds. The van der Waals surface area contributed by atoms with Crippen molar-refractivity contribution in [1.29, 1.82) is 0 Å². The Morgan fingerprint density at radius 1 is 1.16 bits per heavy atom. The van der Waals surface area contributed by atoms with Gasteiger partial charge in [-0.3, -0.25) is 0 Å². The number of alkyl halides is 3. The molecule has 32 heavy (non-hydrogen) atoms. The zero-order chi connectivity index (χ0) is 23.1. The van der Waals surface area contributed by atoms with Crippen molar-refractivity contribution >= 4 is 16.7 Å². The Bertz CT molecular complexity index is 1150. The Labute approximate surface area is 182 Å². The lowest BCUT2D eigenvalue weighted by molar-refractivity contribution is -0.141. The highest BCUT2D eigenvalue weighted by Crippen LogP contribution is 2.44. The first kappa shape index (κ1) is 22.1. The number of methoxy groups -OCH3 is 1. The summed E-state index contributed by atoms with van der Waals surface area (Å²) >= 11 is 0. The van der Waals surface area contributed by atoms with Gasteiger partial charge in [0.15, 0.2) is 11.5 Å². The minimum atomic E-state index is -4.53. The molecule has 2 aromatic heterocycles. The van der Waals surface area contributed by atoms with Crippen molar-refractivity contribution in [3.8, 4) is 11.5 Å². The molecular formula is C22H23F3N4O3. The van der Waals surface area contributed by atoms with Gasteiger partial charge in [-0.1, -0.05) is 6.07 Å². The van der Waals surface area contributed by atoms with Gasteiger partial charge in [-0.25, -0.2) is 15.0 Å². The van der Waals surface area contributed by atoms with Gasteiger partial charge >= 0.3 is 6.18 Å². The van der Waals surface area contributed by atoms with E-state index in [1.165, 1.54) is 19.2 Å². The summed E-state index contributed by atoms with van der Waals surface area (Å²) in [6.45, 7) is 3.32. The van der Waals surface area contributed by atoms with Crippen LogP contribution in [0.25, 0.3) is 10.9 Å². The Kier molecular flexibility index (Phi) is 5.58. The van der Waals surface area contributed by atoms with E-state index in [-0.39, 0.29) is 12.3 Å². The molecule has 3 aromatic rings. The average Bonchev–Trinajstić information content (AvgIpc) is 3.53. The van der Waals surface area contributed by atoms with Crippen LogP contribution in [0.15, 0.2) is 30.3 Å². The number of benzene rings is 1. The minimum Gasteiger partial charge on any atom is -0.493 e. The smallest absolute Gasteiger partial charge is 0.433 e. The Morgan fingerprint density at radius 3 is 2.53 bits per heavy atom. The molecule has 1 aliphatic carbocycles. The number of aryl methyl sites for hydroxylation is 1. The fourth-order valence-corrected chi connectivity index (χ4v) is 3.40. The first-order valence-corrected chi connectivity index (χ1v) is 10.1. The molecule has 4 rings (SSSR count). The van der Waals surface area contributed by atoms with E-state index in [0.29, 0.717) is 34.0 Å². The van der Waals surface area contributed by atoms with E-state index in [1.54, 1.807) is 26.0 Å². The Morgan fingerprint density at radius 2 is 1.91 bits per heavy atom. The van der Waals surface area contributed by atoms with Gasteiger partial charge < -0.3 is 19.9 Å². The lowest BCUT2D eigenvalue weighted by atomic mass is 10.1. The van der Waals surface area contributed by atoms with E-state index >= 15 is 0 Å². The molecule has 0 bridgehead atoms. The number of nitrogens with one attached hydrogen (secondary N) is 1. The molecule has 0 saturated heterocycles. The number of aliphatic hydroxyl groups is 1. The van der Waals surface area contributed by atoms with Gasteiger partial charge in [0.25, 0.3) is 0 Å². The zero-order valence-electron chi connectivity index (χ0n) is 17.8. The van der Waals surface area contributed by atoms with Crippen LogP contribution < -0.4 is 14.8 Å². The van der Waals surface area contributed by atoms with Crippen LogP contribution in [0.5, 0.6) is 11.5 Å². The summed E-state index contributed by atoms with van der Waals surface area (Å²) in [7, 11) is 1.52. The molecular weight excluding hydrogens is 425 g/mol. The van der Waals surface area contributed by atoms with Crippen molar-refractivity contribution < 1.29 is 27.8 Å². The van der Waals surface area contributed by atoms with E-state index in [2.05, 4.69) is 20.3 Å². The maximum atomic E-state index is 13.1. The normalized spacial score (nSPS) is 16.0. The number of fused-ring (bicyclic) bond motifs is 1. The maximum Gasteiger partial charge on any atom is 0.433 e. The van der Waals surface area contributed by atoms with Crippen LogP contribution in [-0.2, 0) is 6.18 Å². The fourth-order valence-electron chi connectivity index (χ4n) is 3.40. The maximum absolute atomic E-state index is 13.1. The van der Waals surface area contributed by atoms with Crippen LogP contribution >= 0.6 is 0 Å². The Balaban J connectivity index is 1.72. The number of rotatable bonds is 7. The van der Waals surface area contributed by atoms with Crippen molar-refractivity contribution in [3.63, 3.8) is 0 Å². The lowest BCUT2D eigenvalue weighted by Gasteiger charge is -2.20. The highest BCUT2D eigenvalue weighted by atomic mass is 19.4. The summed E-state index contributed by atoms with van der Waals surface area (Å²) in [4.78, 5) is 12.6. The molecule has 1 aromatic carbocycles. The van der Waals surface area contributed by atoms with Crippen LogP contribution in [-0.4, -0.2) is 39.4 Å². The SMILES string of the molecule is COc1cc2nc(C)nc(N[C@H](C)c3cccc(C(F)(F)F)n3)c2cc1OC1(CO)CC1. The van der Waals surface area contributed by atoms with Gasteiger partial charge in [-0.15, -0.1) is 0 Å². The number of pyridine rings is 1. The number of aliphatic hydroxyl groups excluding tert-OH is 1. The second kappa shape index (κ2) is 8.09. The number of hydrogen-bond acceptors (Lipinski definition) is 7. The van der Waals surface area contributed by atoms with Gasteiger partial charge in [0.05, 0.1) is 31.0 Å². The van der Waals surface area contributed by atoms with Crippen LogP contribution in [0.4, 0.5) is 19.0 Å². The highest BCUT2D eigenvalue weighted by molar-refractivity contribution is 5.92. The quantitative estimate of drug-likeness (QED) is 0.552. The number of nitrogens with zero attached hydrogens (tertiary/aromatic N) is 3. The van der Waals surface area contributed by atoms with Crippen LogP contribution in [0.3, 0.4) is 0 Å². The van der Waals surface area contributed by atoms with Crippen molar-refractivity contribution in [3.05, 3.63) is 47.5 Å². The topological polar surface area (TPSA) is 89.4 Å². The first-order valence-electron chi connectivity index (χ1n) is 10.1. The zero-order valence-corrected chi connectivity index (χ0v) is 17.8. The summed E-state index contributed by atoms with van der Waals surface area (Å²) in [6, 6.07) is 6.66. The predicted molar refractivity (Wildman–Crippen MR) is 112 cm³/mol. The molecule has 2 heterocycles. The van der Waals surface area contributed by atoms with Crippen molar-refractivity contribution in [2.45, 2.75) is 44.5 Å². The molecule has 10 heteroatoms. The predicted octanol–water partition coefficient (Wildman–Crippen LogP) is 4.44. The largest absolute Gasteiger partial charge is 0.493 e. The molecule has 1 aliphatic rings. The van der Waals surface area contributed by atoms with Crippen molar-refractivity contribution in [1.82, 2.24) is 15.0 Å². The van der Waals surface area contributed by atoms with Gasteiger partial charge in [0.2, 0.25) is 0 Å². The van der Waals surface area contributed by atoms with E-state index in [9.17, 15) is 18.3 Å². The second-order valence-corrected chi connectivity index (χ2v) is 7.89. The van der Waals surface area contributed by atoms with Gasteiger partial charge in [0.1, 0.15) is 22.9 Å². The lowest BCUT2D eigenvalue weighted by Crippen LogP contribution is -2.23. The highest BCUT2D eigenvalue weighted by Gasteiger charge is 2.45. The molecule has 2 N–H and O–H groups in total.